The minimum atomic E-state index is -1.99. The lowest BCUT2D eigenvalue weighted by Crippen LogP contribution is -2.42. The Hall–Kier alpha value is -3.68. The SMILES string of the molecule is Cc1ccc(C(=O)O[C@@H](CC(=O)O)[C@@H](OC(=O)c2ccc(C)cc2)C(=O)O)cc1. The molecule has 8 heteroatoms. The maximum absolute atomic E-state index is 12.3. The molecule has 2 aromatic carbocycles. The van der Waals surface area contributed by atoms with Crippen LogP contribution in [0.3, 0.4) is 0 Å². The number of aliphatic carboxylic acids is 2. The van der Waals surface area contributed by atoms with E-state index in [1.165, 1.54) is 24.3 Å². The number of benzene rings is 2. The van der Waals surface area contributed by atoms with Crippen molar-refractivity contribution in [2.24, 2.45) is 0 Å². The molecule has 0 amide bonds. The average Bonchev–Trinajstić information content (AvgIpc) is 2.65. The van der Waals surface area contributed by atoms with Gasteiger partial charge in [-0.25, -0.2) is 14.4 Å². The lowest BCUT2D eigenvalue weighted by molar-refractivity contribution is -0.156. The molecule has 2 N–H and O–H groups in total. The molecule has 8 nitrogen and oxygen atoms in total. The highest BCUT2D eigenvalue weighted by Crippen LogP contribution is 2.16. The number of carbonyl (C=O) groups is 4. The molecule has 2 atom stereocenters. The number of rotatable bonds is 8. The number of hydrogen-bond donors (Lipinski definition) is 2. The van der Waals surface area contributed by atoms with Crippen molar-refractivity contribution in [2.75, 3.05) is 0 Å². The molecule has 2 aromatic rings. The van der Waals surface area contributed by atoms with E-state index in [9.17, 15) is 24.3 Å². The van der Waals surface area contributed by atoms with Crippen molar-refractivity contribution in [2.45, 2.75) is 32.5 Å². The normalized spacial score (nSPS) is 12.5. The Bertz CT molecular complexity index is 899. The van der Waals surface area contributed by atoms with Gasteiger partial charge in [0.25, 0.3) is 0 Å². The van der Waals surface area contributed by atoms with Gasteiger partial charge < -0.3 is 19.7 Å². The molecule has 152 valence electrons. The first kappa shape index (κ1) is 21.6. The van der Waals surface area contributed by atoms with Gasteiger partial charge in [0.2, 0.25) is 6.10 Å². The van der Waals surface area contributed by atoms with Crippen LogP contribution in [-0.2, 0) is 19.1 Å². The number of carbonyl (C=O) groups excluding carboxylic acids is 2. The second-order valence-electron chi connectivity index (χ2n) is 6.44. The van der Waals surface area contributed by atoms with Crippen molar-refractivity contribution < 1.29 is 38.9 Å². The summed E-state index contributed by atoms with van der Waals surface area (Å²) < 4.78 is 10.1. The molecule has 0 spiro atoms. The Balaban J connectivity index is 2.22. The molecule has 2 rings (SSSR count). The molecule has 0 saturated heterocycles. The fourth-order valence-electron chi connectivity index (χ4n) is 2.44. The summed E-state index contributed by atoms with van der Waals surface area (Å²) in [6.07, 6.45) is -4.56. The summed E-state index contributed by atoms with van der Waals surface area (Å²) in [5.74, 6) is -4.94. The molecule has 0 radical (unpaired) electrons. The molecule has 0 heterocycles. The first-order chi connectivity index (χ1) is 13.7. The average molecular weight is 400 g/mol. The second kappa shape index (κ2) is 9.50. The van der Waals surface area contributed by atoms with Gasteiger partial charge in [0.1, 0.15) is 0 Å². The van der Waals surface area contributed by atoms with Gasteiger partial charge in [-0.2, -0.15) is 0 Å². The first-order valence-corrected chi connectivity index (χ1v) is 8.67. The number of aryl methyl sites for hydroxylation is 2. The van der Waals surface area contributed by atoms with Gasteiger partial charge in [0.15, 0.2) is 6.10 Å². The Labute approximate surface area is 166 Å². The zero-order valence-corrected chi connectivity index (χ0v) is 15.8. The fourth-order valence-corrected chi connectivity index (χ4v) is 2.44. The molecule has 29 heavy (non-hydrogen) atoms. The van der Waals surface area contributed by atoms with Crippen molar-refractivity contribution in [1.82, 2.24) is 0 Å². The predicted octanol–water partition coefficient (Wildman–Crippen LogP) is 2.61. The Kier molecular flexibility index (Phi) is 7.08. The van der Waals surface area contributed by atoms with Crippen LogP contribution < -0.4 is 0 Å². The molecule has 0 aliphatic rings. The van der Waals surface area contributed by atoms with E-state index in [1.54, 1.807) is 24.3 Å². The van der Waals surface area contributed by atoms with Crippen LogP contribution in [0.4, 0.5) is 0 Å². The van der Waals surface area contributed by atoms with Gasteiger partial charge in [-0.05, 0) is 38.1 Å². The van der Waals surface area contributed by atoms with E-state index in [0.717, 1.165) is 11.1 Å². The largest absolute Gasteiger partial charge is 0.481 e. The summed E-state index contributed by atoms with van der Waals surface area (Å²) in [4.78, 5) is 47.4. The van der Waals surface area contributed by atoms with Crippen LogP contribution in [0.1, 0.15) is 38.3 Å². The van der Waals surface area contributed by atoms with Crippen LogP contribution in [-0.4, -0.2) is 46.3 Å². The van der Waals surface area contributed by atoms with Gasteiger partial charge in [-0.1, -0.05) is 35.4 Å². The van der Waals surface area contributed by atoms with Gasteiger partial charge in [-0.3, -0.25) is 4.79 Å². The van der Waals surface area contributed by atoms with Crippen LogP contribution in [0, 0.1) is 13.8 Å². The molecule has 0 fully saturated rings. The third-order valence-electron chi connectivity index (χ3n) is 4.02. The maximum atomic E-state index is 12.3. The van der Waals surface area contributed by atoms with E-state index in [0.29, 0.717) is 0 Å². The molecule has 0 aromatic heterocycles. The summed E-state index contributed by atoms with van der Waals surface area (Å²) in [5.41, 5.74) is 1.96. The van der Waals surface area contributed by atoms with E-state index in [4.69, 9.17) is 14.6 Å². The van der Waals surface area contributed by atoms with E-state index in [-0.39, 0.29) is 11.1 Å². The van der Waals surface area contributed by atoms with Crippen LogP contribution in [0.2, 0.25) is 0 Å². The number of ether oxygens (including phenoxy) is 2. The molecule has 0 aliphatic heterocycles. The molecule has 0 saturated carbocycles. The van der Waals surface area contributed by atoms with Gasteiger partial charge in [0.05, 0.1) is 17.5 Å². The Morgan fingerprint density at radius 2 is 1.17 bits per heavy atom. The van der Waals surface area contributed by atoms with Crippen LogP contribution in [0.15, 0.2) is 48.5 Å². The second-order valence-corrected chi connectivity index (χ2v) is 6.44. The number of hydrogen-bond acceptors (Lipinski definition) is 6. The van der Waals surface area contributed by atoms with E-state index >= 15 is 0 Å². The number of esters is 2. The van der Waals surface area contributed by atoms with Gasteiger partial charge >= 0.3 is 23.9 Å². The highest BCUT2D eigenvalue weighted by molar-refractivity contribution is 5.92. The maximum Gasteiger partial charge on any atom is 0.349 e. The standard InChI is InChI=1S/C21H20O8/c1-12-3-7-14(8-4-12)20(26)28-16(11-17(22)23)18(19(24)25)29-21(27)15-9-5-13(2)6-10-15/h3-10,16,18H,11H2,1-2H3,(H,22,23)(H,24,25)/t16-,18+/m0/s1. The molecule has 0 bridgehead atoms. The lowest BCUT2D eigenvalue weighted by Gasteiger charge is -2.23. The lowest BCUT2D eigenvalue weighted by atomic mass is 10.1. The highest BCUT2D eigenvalue weighted by atomic mass is 16.6. The molecular formula is C21H20O8. The first-order valence-electron chi connectivity index (χ1n) is 8.67. The van der Waals surface area contributed by atoms with E-state index in [2.05, 4.69) is 0 Å². The van der Waals surface area contributed by atoms with Gasteiger partial charge in [0, 0.05) is 0 Å². The summed E-state index contributed by atoms with van der Waals surface area (Å²) >= 11 is 0. The third kappa shape index (κ3) is 6.17. The number of carboxylic acids is 2. The zero-order chi connectivity index (χ0) is 21.6. The molecular weight excluding hydrogens is 380 g/mol. The van der Waals surface area contributed by atoms with Crippen molar-refractivity contribution in [3.05, 3.63) is 70.8 Å². The van der Waals surface area contributed by atoms with E-state index in [1.807, 2.05) is 13.8 Å². The minimum absolute atomic E-state index is 0.0841. The van der Waals surface area contributed by atoms with Crippen molar-refractivity contribution in [1.29, 1.82) is 0 Å². The molecule has 0 unspecified atom stereocenters. The zero-order valence-electron chi connectivity index (χ0n) is 15.8. The summed E-state index contributed by atoms with van der Waals surface area (Å²) in [6, 6.07) is 12.4. The third-order valence-corrected chi connectivity index (χ3v) is 4.02. The van der Waals surface area contributed by atoms with Crippen molar-refractivity contribution in [3.63, 3.8) is 0 Å². The van der Waals surface area contributed by atoms with Crippen LogP contribution in [0.5, 0.6) is 0 Å². The summed E-state index contributed by atoms with van der Waals surface area (Å²) in [5, 5.41) is 18.5. The smallest absolute Gasteiger partial charge is 0.349 e. The van der Waals surface area contributed by atoms with Crippen LogP contribution >= 0.6 is 0 Å². The highest BCUT2D eigenvalue weighted by Gasteiger charge is 2.37. The van der Waals surface area contributed by atoms with Crippen LogP contribution in [0.25, 0.3) is 0 Å². The predicted molar refractivity (Wildman–Crippen MR) is 101 cm³/mol. The monoisotopic (exact) mass is 400 g/mol. The Morgan fingerprint density at radius 3 is 1.55 bits per heavy atom. The molecule has 0 aliphatic carbocycles. The summed E-state index contributed by atoms with van der Waals surface area (Å²) in [7, 11) is 0. The summed E-state index contributed by atoms with van der Waals surface area (Å²) in [6.45, 7) is 3.62. The number of carboxylic acid groups (broad SMARTS) is 2. The van der Waals surface area contributed by atoms with Crippen molar-refractivity contribution in [3.8, 4) is 0 Å². The van der Waals surface area contributed by atoms with Crippen molar-refractivity contribution >= 4 is 23.9 Å². The van der Waals surface area contributed by atoms with Gasteiger partial charge in [-0.15, -0.1) is 0 Å². The fraction of sp³-hybridized carbons (Fsp3) is 0.238. The Morgan fingerprint density at radius 1 is 0.759 bits per heavy atom. The quantitative estimate of drug-likeness (QED) is 0.648. The topological polar surface area (TPSA) is 127 Å². The minimum Gasteiger partial charge on any atom is -0.481 e. The van der Waals surface area contributed by atoms with E-state index < -0.39 is 42.5 Å².